The van der Waals surface area contributed by atoms with Gasteiger partial charge < -0.3 is 10.8 Å². The topological polar surface area (TPSA) is 46.2 Å². The summed E-state index contributed by atoms with van der Waals surface area (Å²) in [5.41, 5.74) is 6.01. The lowest BCUT2D eigenvalue weighted by molar-refractivity contribution is -0.102. The highest BCUT2D eigenvalue weighted by molar-refractivity contribution is 5.24. The maximum atomic E-state index is 13.0. The van der Waals surface area contributed by atoms with Crippen LogP contribution in [0.5, 0.6) is 0 Å². The molecule has 4 heteroatoms. The standard InChI is InChI=1S/C10H13F2NO/c1-7-2-4-8(5-3-7)9(14)10(11,12)6-13/h2-5,9,14H,6,13H2,1H3. The lowest BCUT2D eigenvalue weighted by Gasteiger charge is -2.21. The van der Waals surface area contributed by atoms with Crippen molar-refractivity contribution >= 4 is 0 Å². The number of nitrogens with two attached hydrogens (primary N) is 1. The van der Waals surface area contributed by atoms with Crippen LogP contribution in [0.1, 0.15) is 17.2 Å². The molecule has 0 fully saturated rings. The van der Waals surface area contributed by atoms with E-state index in [0.29, 0.717) is 0 Å². The summed E-state index contributed by atoms with van der Waals surface area (Å²) in [6.45, 7) is 0.985. The second-order valence-corrected chi connectivity index (χ2v) is 3.28. The van der Waals surface area contributed by atoms with Crippen LogP contribution in [0.15, 0.2) is 24.3 Å². The van der Waals surface area contributed by atoms with Crippen molar-refractivity contribution in [2.75, 3.05) is 6.54 Å². The van der Waals surface area contributed by atoms with E-state index in [1.54, 1.807) is 12.1 Å². The molecule has 1 atom stereocenters. The largest absolute Gasteiger partial charge is 0.382 e. The van der Waals surface area contributed by atoms with E-state index < -0.39 is 18.6 Å². The van der Waals surface area contributed by atoms with Gasteiger partial charge in [-0.05, 0) is 12.5 Å². The summed E-state index contributed by atoms with van der Waals surface area (Å²) in [7, 11) is 0. The van der Waals surface area contributed by atoms with E-state index in [9.17, 15) is 13.9 Å². The molecule has 0 amide bonds. The molecule has 1 rings (SSSR count). The van der Waals surface area contributed by atoms with E-state index in [-0.39, 0.29) is 5.56 Å². The van der Waals surface area contributed by atoms with Gasteiger partial charge in [-0.25, -0.2) is 8.78 Å². The van der Waals surface area contributed by atoms with Crippen LogP contribution < -0.4 is 5.73 Å². The van der Waals surface area contributed by atoms with Crippen molar-refractivity contribution < 1.29 is 13.9 Å². The molecule has 0 radical (unpaired) electrons. The fourth-order valence-corrected chi connectivity index (χ4v) is 1.10. The van der Waals surface area contributed by atoms with Crippen LogP contribution >= 0.6 is 0 Å². The summed E-state index contributed by atoms with van der Waals surface area (Å²) in [5.74, 6) is -3.27. The van der Waals surface area contributed by atoms with Crippen molar-refractivity contribution in [1.29, 1.82) is 0 Å². The van der Waals surface area contributed by atoms with Crippen molar-refractivity contribution in [3.8, 4) is 0 Å². The van der Waals surface area contributed by atoms with Crippen molar-refractivity contribution in [2.45, 2.75) is 19.0 Å². The Morgan fingerprint density at radius 1 is 1.36 bits per heavy atom. The average molecular weight is 201 g/mol. The van der Waals surface area contributed by atoms with Crippen molar-refractivity contribution in [3.05, 3.63) is 35.4 Å². The first kappa shape index (κ1) is 11.1. The molecule has 0 saturated heterocycles. The van der Waals surface area contributed by atoms with E-state index in [1.807, 2.05) is 6.92 Å². The SMILES string of the molecule is Cc1ccc(C(O)C(F)(F)CN)cc1. The molecule has 0 bridgehead atoms. The second-order valence-electron chi connectivity index (χ2n) is 3.28. The third-order valence-corrected chi connectivity index (χ3v) is 2.07. The molecule has 0 aromatic heterocycles. The molecule has 14 heavy (non-hydrogen) atoms. The third-order valence-electron chi connectivity index (χ3n) is 2.07. The maximum Gasteiger partial charge on any atom is 0.289 e. The van der Waals surface area contributed by atoms with Gasteiger partial charge in [-0.3, -0.25) is 0 Å². The third kappa shape index (κ3) is 2.27. The van der Waals surface area contributed by atoms with Gasteiger partial charge in [-0.15, -0.1) is 0 Å². The lowest BCUT2D eigenvalue weighted by Crippen LogP contribution is -2.34. The molecular weight excluding hydrogens is 188 g/mol. The maximum absolute atomic E-state index is 13.0. The molecule has 1 aromatic carbocycles. The molecular formula is C10H13F2NO. The molecule has 78 valence electrons. The number of hydrogen-bond acceptors (Lipinski definition) is 2. The highest BCUT2D eigenvalue weighted by atomic mass is 19.3. The van der Waals surface area contributed by atoms with Crippen LogP contribution in [0.4, 0.5) is 8.78 Å². The lowest BCUT2D eigenvalue weighted by atomic mass is 10.0. The minimum Gasteiger partial charge on any atom is -0.382 e. The Morgan fingerprint density at radius 3 is 2.29 bits per heavy atom. The molecule has 0 aliphatic heterocycles. The zero-order valence-electron chi connectivity index (χ0n) is 7.87. The van der Waals surface area contributed by atoms with Gasteiger partial charge in [0.2, 0.25) is 0 Å². The first-order valence-corrected chi connectivity index (χ1v) is 4.30. The van der Waals surface area contributed by atoms with Gasteiger partial charge in [0.25, 0.3) is 5.92 Å². The molecule has 0 saturated carbocycles. The summed E-state index contributed by atoms with van der Waals surface area (Å²) in [6, 6.07) is 6.30. The second kappa shape index (κ2) is 4.02. The van der Waals surface area contributed by atoms with E-state index in [2.05, 4.69) is 0 Å². The van der Waals surface area contributed by atoms with Gasteiger partial charge in [0.1, 0.15) is 6.10 Å². The van der Waals surface area contributed by atoms with Gasteiger partial charge in [-0.2, -0.15) is 0 Å². The normalized spacial score (nSPS) is 14.1. The minimum atomic E-state index is -3.27. The minimum absolute atomic E-state index is 0.186. The number of rotatable bonds is 3. The summed E-state index contributed by atoms with van der Waals surface area (Å²) >= 11 is 0. The number of benzene rings is 1. The van der Waals surface area contributed by atoms with Crippen molar-refractivity contribution in [1.82, 2.24) is 0 Å². The average Bonchev–Trinajstić information content (AvgIpc) is 2.18. The van der Waals surface area contributed by atoms with E-state index in [4.69, 9.17) is 5.73 Å². The van der Waals surface area contributed by atoms with Gasteiger partial charge >= 0.3 is 0 Å². The first-order chi connectivity index (χ1) is 6.47. The Labute approximate surface area is 81.4 Å². The van der Waals surface area contributed by atoms with Crippen LogP contribution in [0.3, 0.4) is 0 Å². The van der Waals surface area contributed by atoms with E-state index >= 15 is 0 Å². The number of aryl methyl sites for hydroxylation is 1. The van der Waals surface area contributed by atoms with E-state index in [1.165, 1.54) is 12.1 Å². The number of aliphatic hydroxyl groups is 1. The zero-order chi connectivity index (χ0) is 10.8. The molecule has 0 aliphatic carbocycles. The van der Waals surface area contributed by atoms with Crippen LogP contribution in [0.25, 0.3) is 0 Å². The Kier molecular flexibility index (Phi) is 3.18. The first-order valence-electron chi connectivity index (χ1n) is 4.30. The summed E-state index contributed by atoms with van der Waals surface area (Å²) < 4.78 is 25.9. The Morgan fingerprint density at radius 2 is 1.86 bits per heavy atom. The predicted octanol–water partition coefficient (Wildman–Crippen LogP) is 1.62. The number of alkyl halides is 2. The zero-order valence-corrected chi connectivity index (χ0v) is 7.87. The number of aliphatic hydroxyl groups excluding tert-OH is 1. The van der Waals surface area contributed by atoms with Crippen LogP contribution in [0, 0.1) is 6.92 Å². The Balaban J connectivity index is 2.89. The summed E-state index contributed by atoms with van der Waals surface area (Å²) in [6.07, 6.45) is -1.83. The number of hydrogen-bond donors (Lipinski definition) is 2. The van der Waals surface area contributed by atoms with Crippen LogP contribution in [-0.2, 0) is 0 Å². The fraction of sp³-hybridized carbons (Fsp3) is 0.400. The number of halogens is 2. The molecule has 3 N–H and O–H groups in total. The van der Waals surface area contributed by atoms with Gasteiger partial charge in [0.15, 0.2) is 0 Å². The smallest absolute Gasteiger partial charge is 0.289 e. The Hall–Kier alpha value is -1.00. The summed E-state index contributed by atoms with van der Waals surface area (Å²) in [4.78, 5) is 0. The monoisotopic (exact) mass is 201 g/mol. The van der Waals surface area contributed by atoms with E-state index in [0.717, 1.165) is 5.56 Å². The molecule has 1 aromatic rings. The molecule has 1 unspecified atom stereocenters. The van der Waals surface area contributed by atoms with Crippen LogP contribution in [0.2, 0.25) is 0 Å². The quantitative estimate of drug-likeness (QED) is 0.780. The molecule has 0 aliphatic rings. The van der Waals surface area contributed by atoms with Gasteiger partial charge in [-0.1, -0.05) is 29.8 Å². The summed E-state index contributed by atoms with van der Waals surface area (Å²) in [5, 5.41) is 9.31. The van der Waals surface area contributed by atoms with Crippen molar-refractivity contribution in [2.24, 2.45) is 5.73 Å². The van der Waals surface area contributed by atoms with Gasteiger partial charge in [0, 0.05) is 0 Å². The Bertz CT molecular complexity index is 297. The van der Waals surface area contributed by atoms with Gasteiger partial charge in [0.05, 0.1) is 6.54 Å². The predicted molar refractivity (Wildman–Crippen MR) is 50.1 cm³/mol. The molecule has 0 heterocycles. The van der Waals surface area contributed by atoms with Crippen LogP contribution in [-0.4, -0.2) is 17.6 Å². The molecule has 0 spiro atoms. The highest BCUT2D eigenvalue weighted by Gasteiger charge is 2.37. The molecule has 2 nitrogen and oxygen atoms in total. The van der Waals surface area contributed by atoms with Crippen molar-refractivity contribution in [3.63, 3.8) is 0 Å². The fourth-order valence-electron chi connectivity index (χ4n) is 1.10. The highest BCUT2D eigenvalue weighted by Crippen LogP contribution is 2.30.